The highest BCUT2D eigenvalue weighted by Gasteiger charge is 2.84. The molecule has 0 radical (unpaired) electrons. The predicted molar refractivity (Wildman–Crippen MR) is 220 cm³/mol. The summed E-state index contributed by atoms with van der Waals surface area (Å²) in [7, 11) is 0. The van der Waals surface area contributed by atoms with Crippen molar-refractivity contribution in [1.29, 1.82) is 0 Å². The standard InChI is InChI=1S/C48H51NO14/c1-26-33(61-43(55)37(52)36(30-17-11-7-12-18-30)49-44(56)58-24-29-15-9-6-10-16-29)23-48(57)41(62-42(54)31-19-13-8-14-20-31)39-46(40(53)38(60-27(2)50)35(26)45(48,4)5)22-32(46)21-34-47(39,25-59-34)63-28(3)51/h6-20,32-34,36-39,41,52,57H,21-25H2,1-5H3,(H,49,56)/t32?,33?,34?,36-,37?,38+,39?,41-,46?,47-,48+/m0/s1. The second-order valence-electron chi connectivity index (χ2n) is 17.9. The van der Waals surface area contributed by atoms with Gasteiger partial charge in [-0.3, -0.25) is 14.4 Å². The fourth-order valence-corrected chi connectivity index (χ4v) is 10.9. The molecule has 2 bridgehead atoms. The summed E-state index contributed by atoms with van der Waals surface area (Å²) in [5.74, 6) is -5.68. The summed E-state index contributed by atoms with van der Waals surface area (Å²) < 4.78 is 36.1. The Morgan fingerprint density at radius 3 is 2.10 bits per heavy atom. The Morgan fingerprint density at radius 2 is 1.49 bits per heavy atom. The van der Waals surface area contributed by atoms with Crippen molar-refractivity contribution in [3.05, 3.63) is 119 Å². The third kappa shape index (κ3) is 7.39. The molecule has 4 fully saturated rings. The van der Waals surface area contributed by atoms with Crippen molar-refractivity contribution in [3.63, 3.8) is 0 Å². The summed E-state index contributed by atoms with van der Waals surface area (Å²) in [6, 6.07) is 23.8. The Hall–Kier alpha value is -5.90. The van der Waals surface area contributed by atoms with Crippen molar-refractivity contribution in [1.82, 2.24) is 5.32 Å². The maximum atomic E-state index is 15.5. The number of nitrogens with one attached hydrogen (secondary N) is 1. The number of alkyl carbamates (subject to hydrolysis) is 1. The lowest BCUT2D eigenvalue weighted by Crippen LogP contribution is -2.78. The van der Waals surface area contributed by atoms with Gasteiger partial charge in [-0.25, -0.2) is 14.4 Å². The maximum Gasteiger partial charge on any atom is 0.408 e. The van der Waals surface area contributed by atoms with Gasteiger partial charge >= 0.3 is 30.0 Å². The molecule has 11 atom stereocenters. The maximum absolute atomic E-state index is 15.5. The molecule has 3 aromatic rings. The van der Waals surface area contributed by atoms with E-state index in [-0.39, 0.29) is 42.3 Å². The molecule has 1 aliphatic heterocycles. The minimum atomic E-state index is -2.25. The fraction of sp³-hybridized carbons (Fsp3) is 0.458. The van der Waals surface area contributed by atoms with E-state index in [2.05, 4.69) is 5.32 Å². The highest BCUT2D eigenvalue weighted by Crippen LogP contribution is 2.74. The number of benzene rings is 3. The molecule has 3 N–H and O–H groups in total. The third-order valence-electron chi connectivity index (χ3n) is 14.0. The Bertz CT molecular complexity index is 2330. The van der Waals surface area contributed by atoms with E-state index in [4.69, 9.17) is 28.4 Å². The second kappa shape index (κ2) is 16.3. The van der Waals surface area contributed by atoms with Crippen molar-refractivity contribution in [3.8, 4) is 0 Å². The van der Waals surface area contributed by atoms with Gasteiger partial charge in [-0.05, 0) is 60.1 Å². The summed E-state index contributed by atoms with van der Waals surface area (Å²) in [5, 5.41) is 28.0. The highest BCUT2D eigenvalue weighted by atomic mass is 16.6. The van der Waals surface area contributed by atoms with Crippen LogP contribution in [0.1, 0.15) is 81.4 Å². The van der Waals surface area contributed by atoms with E-state index < -0.39 is 107 Å². The van der Waals surface area contributed by atoms with E-state index in [0.717, 1.165) is 6.92 Å². The smallest absolute Gasteiger partial charge is 0.408 e. The fourth-order valence-electron chi connectivity index (χ4n) is 10.9. The number of fused-ring (bicyclic) bond motifs is 4. The third-order valence-corrected chi connectivity index (χ3v) is 14.0. The van der Waals surface area contributed by atoms with Gasteiger partial charge in [-0.1, -0.05) is 92.7 Å². The van der Waals surface area contributed by atoms with Gasteiger partial charge < -0.3 is 44.0 Å². The minimum absolute atomic E-state index is 0.0925. The summed E-state index contributed by atoms with van der Waals surface area (Å²) in [6.07, 6.45) is -8.26. The number of ketones is 1. The number of carbonyl (C=O) groups is 6. The first-order valence-electron chi connectivity index (χ1n) is 21.1. The Kier molecular flexibility index (Phi) is 11.3. The Balaban J connectivity index is 1.21. The number of hydrogen-bond acceptors (Lipinski definition) is 14. The molecule has 1 heterocycles. The quantitative estimate of drug-likeness (QED) is 0.134. The van der Waals surface area contributed by atoms with Crippen LogP contribution in [0.15, 0.2) is 102 Å². The van der Waals surface area contributed by atoms with Gasteiger partial charge in [0.1, 0.15) is 30.5 Å². The van der Waals surface area contributed by atoms with Crippen LogP contribution in [0.25, 0.3) is 0 Å². The average Bonchev–Trinajstić information content (AvgIpc) is 3.99. The SMILES string of the molecule is CC(=O)O[C@H]1C(=O)C23CC2CC2OC[C@@]2(OC(C)=O)C3[C@H](OC(=O)c2ccccc2)[C@]2(O)CC(OC(=O)C(O)[C@@H](NC(=O)OCc3ccccc3)c3ccccc3)C(C)=C1C2(C)C. The lowest BCUT2D eigenvalue weighted by atomic mass is 9.48. The first kappa shape index (κ1) is 43.7. The summed E-state index contributed by atoms with van der Waals surface area (Å²) in [4.78, 5) is 83.2. The summed E-state index contributed by atoms with van der Waals surface area (Å²) >= 11 is 0. The first-order chi connectivity index (χ1) is 29.9. The molecule has 15 nitrogen and oxygen atoms in total. The lowest BCUT2D eigenvalue weighted by molar-refractivity contribution is -0.323. The first-order valence-corrected chi connectivity index (χ1v) is 21.1. The van der Waals surface area contributed by atoms with Crippen LogP contribution in [0.4, 0.5) is 4.79 Å². The van der Waals surface area contributed by atoms with E-state index in [1.54, 1.807) is 93.6 Å². The Labute approximate surface area is 364 Å². The summed E-state index contributed by atoms with van der Waals surface area (Å²) in [5.41, 5.74) is -5.23. The van der Waals surface area contributed by atoms with Crippen LogP contribution in [0, 0.1) is 22.7 Å². The van der Waals surface area contributed by atoms with Crippen molar-refractivity contribution in [2.75, 3.05) is 6.61 Å². The summed E-state index contributed by atoms with van der Waals surface area (Å²) in [6.45, 7) is 6.94. The molecule has 1 saturated heterocycles. The molecule has 63 heavy (non-hydrogen) atoms. The van der Waals surface area contributed by atoms with E-state index in [1.807, 2.05) is 6.07 Å². The van der Waals surface area contributed by atoms with Gasteiger partial charge in [-0.15, -0.1) is 0 Å². The number of carbonyl (C=O) groups excluding carboxylic acids is 6. The van der Waals surface area contributed by atoms with Crippen LogP contribution in [0.2, 0.25) is 0 Å². The van der Waals surface area contributed by atoms with Crippen molar-refractivity contribution in [2.24, 2.45) is 22.7 Å². The van der Waals surface area contributed by atoms with Gasteiger partial charge in [-0.2, -0.15) is 0 Å². The molecule has 6 unspecified atom stereocenters. The largest absolute Gasteiger partial charge is 0.456 e. The Morgan fingerprint density at radius 1 is 0.857 bits per heavy atom. The molecule has 1 spiro atoms. The second-order valence-corrected chi connectivity index (χ2v) is 17.9. The van der Waals surface area contributed by atoms with Crippen LogP contribution in [-0.4, -0.2) is 94.3 Å². The monoisotopic (exact) mass is 865 g/mol. The van der Waals surface area contributed by atoms with Crippen LogP contribution in [0.3, 0.4) is 0 Å². The number of esters is 4. The number of aliphatic hydroxyl groups excluding tert-OH is 1. The topological polar surface area (TPSA) is 210 Å². The van der Waals surface area contributed by atoms with E-state index >= 15 is 4.79 Å². The van der Waals surface area contributed by atoms with Gasteiger partial charge in [0.2, 0.25) is 0 Å². The van der Waals surface area contributed by atoms with E-state index in [9.17, 15) is 34.2 Å². The van der Waals surface area contributed by atoms with Gasteiger partial charge in [0.25, 0.3) is 0 Å². The van der Waals surface area contributed by atoms with E-state index in [0.29, 0.717) is 17.5 Å². The van der Waals surface area contributed by atoms with Crippen molar-refractivity contribution >= 4 is 35.8 Å². The van der Waals surface area contributed by atoms with Crippen LogP contribution in [0.5, 0.6) is 0 Å². The number of hydrogen-bond donors (Lipinski definition) is 3. The number of Topliss-reactive ketones (excluding diaryl/α,β-unsaturated/α-hetero) is 1. The highest BCUT2D eigenvalue weighted by molar-refractivity contribution is 5.97. The molecule has 3 aromatic carbocycles. The molecule has 332 valence electrons. The normalized spacial score (nSPS) is 32.0. The number of amides is 1. The minimum Gasteiger partial charge on any atom is -0.456 e. The molecule has 4 aliphatic carbocycles. The molecule has 5 aliphatic rings. The van der Waals surface area contributed by atoms with Crippen LogP contribution in [-0.2, 0) is 54.2 Å². The number of ether oxygens (including phenoxy) is 6. The molecule has 1 amide bonds. The molecular formula is C48H51NO14. The zero-order chi connectivity index (χ0) is 45.1. The van der Waals surface area contributed by atoms with Gasteiger partial charge in [0.05, 0.1) is 24.1 Å². The lowest BCUT2D eigenvalue weighted by Gasteiger charge is -2.64. The number of rotatable bonds is 11. The van der Waals surface area contributed by atoms with Crippen molar-refractivity contribution in [2.45, 2.75) is 108 Å². The van der Waals surface area contributed by atoms with Gasteiger partial charge in [0.15, 0.2) is 23.6 Å². The van der Waals surface area contributed by atoms with Gasteiger partial charge in [0, 0.05) is 31.1 Å². The molecule has 0 aromatic heterocycles. The zero-order valence-corrected chi connectivity index (χ0v) is 35.6. The average molecular weight is 866 g/mol. The molecule has 8 rings (SSSR count). The van der Waals surface area contributed by atoms with Crippen LogP contribution < -0.4 is 5.32 Å². The number of aliphatic hydroxyl groups is 2. The zero-order valence-electron chi connectivity index (χ0n) is 35.6. The van der Waals surface area contributed by atoms with Crippen molar-refractivity contribution < 1.29 is 67.4 Å². The molecule has 3 saturated carbocycles. The molecular weight excluding hydrogens is 815 g/mol. The molecule has 15 heteroatoms. The van der Waals surface area contributed by atoms with E-state index in [1.165, 1.54) is 19.1 Å². The predicted octanol–water partition coefficient (Wildman–Crippen LogP) is 4.87. The van der Waals surface area contributed by atoms with Crippen LogP contribution >= 0.6 is 0 Å².